The van der Waals surface area contributed by atoms with Gasteiger partial charge in [0.05, 0.1) is 6.61 Å². The number of ether oxygens (including phenoxy) is 1. The van der Waals surface area contributed by atoms with Gasteiger partial charge in [0, 0.05) is 6.92 Å². The third-order valence-corrected chi connectivity index (χ3v) is 0.698. The van der Waals surface area contributed by atoms with Crippen molar-refractivity contribution in [3.05, 3.63) is 0 Å². The minimum atomic E-state index is -0.0255. The Morgan fingerprint density at radius 3 is 2.71 bits per heavy atom. The van der Waals surface area contributed by atoms with Crippen molar-refractivity contribution < 1.29 is 9.53 Å². The first-order valence-corrected chi connectivity index (χ1v) is 2.18. The summed E-state index contributed by atoms with van der Waals surface area (Å²) < 4.78 is 4.69. The van der Waals surface area contributed by atoms with Crippen molar-refractivity contribution >= 4 is 5.91 Å². The molecule has 3 nitrogen and oxygen atoms in total. The number of carbonyl (C=O) groups excluding carboxylic acids is 1. The van der Waals surface area contributed by atoms with Crippen molar-refractivity contribution in [1.29, 1.82) is 0 Å². The molecule has 1 rings (SSSR count). The summed E-state index contributed by atoms with van der Waals surface area (Å²) >= 11 is 0. The van der Waals surface area contributed by atoms with Crippen LogP contribution in [0.3, 0.4) is 0 Å². The Labute approximate surface area is 41.7 Å². The first kappa shape index (κ1) is 4.59. The summed E-state index contributed by atoms with van der Waals surface area (Å²) in [6, 6.07) is 0. The van der Waals surface area contributed by atoms with Gasteiger partial charge in [-0.05, 0) is 0 Å². The Morgan fingerprint density at radius 1 is 2.00 bits per heavy atom. The molecule has 0 aromatic heterocycles. The van der Waals surface area contributed by atoms with Crippen LogP contribution in [0.4, 0.5) is 0 Å². The van der Waals surface area contributed by atoms with Crippen LogP contribution in [0.1, 0.15) is 6.92 Å². The van der Waals surface area contributed by atoms with Gasteiger partial charge in [-0.2, -0.15) is 0 Å². The third kappa shape index (κ3) is 1.55. The molecule has 1 atom stereocenters. The van der Waals surface area contributed by atoms with Crippen LogP contribution in [0.15, 0.2) is 0 Å². The van der Waals surface area contributed by atoms with Crippen LogP contribution in [0.25, 0.3) is 0 Å². The van der Waals surface area contributed by atoms with Gasteiger partial charge in [0.15, 0.2) is 6.23 Å². The largest absolute Gasteiger partial charge is 0.351 e. The lowest BCUT2D eigenvalue weighted by atomic mass is 10.6. The van der Waals surface area contributed by atoms with Gasteiger partial charge in [0.25, 0.3) is 0 Å². The van der Waals surface area contributed by atoms with Crippen LogP contribution in [0.5, 0.6) is 0 Å². The van der Waals surface area contributed by atoms with Gasteiger partial charge in [-0.3, -0.25) is 4.79 Å². The highest BCUT2D eigenvalue weighted by Gasteiger charge is 2.22. The van der Waals surface area contributed by atoms with Crippen LogP contribution in [0.2, 0.25) is 0 Å². The second kappa shape index (κ2) is 1.50. The van der Waals surface area contributed by atoms with Gasteiger partial charge in [0.1, 0.15) is 0 Å². The monoisotopic (exact) mass is 101 g/mol. The summed E-state index contributed by atoms with van der Waals surface area (Å²) in [5.41, 5.74) is 0. The molecule has 0 aliphatic carbocycles. The summed E-state index contributed by atoms with van der Waals surface area (Å²) in [6.07, 6.45) is 0.0255. The minimum Gasteiger partial charge on any atom is -0.351 e. The molecule has 40 valence electrons. The lowest BCUT2D eigenvalue weighted by Crippen LogP contribution is -2.22. The maximum atomic E-state index is 10.1. The van der Waals surface area contributed by atoms with E-state index in [9.17, 15) is 4.79 Å². The van der Waals surface area contributed by atoms with Crippen molar-refractivity contribution in [3.63, 3.8) is 0 Å². The van der Waals surface area contributed by atoms with Crippen molar-refractivity contribution in [2.24, 2.45) is 0 Å². The summed E-state index contributed by atoms with van der Waals surface area (Å²) in [4.78, 5) is 10.1. The topological polar surface area (TPSA) is 41.6 Å². The van der Waals surface area contributed by atoms with Crippen molar-refractivity contribution in [1.82, 2.24) is 5.32 Å². The summed E-state index contributed by atoms with van der Waals surface area (Å²) in [7, 11) is 0. The number of rotatable bonds is 1. The smallest absolute Gasteiger partial charge is 0.218 e. The molecule has 0 spiro atoms. The molecule has 0 bridgehead atoms. The van der Waals surface area contributed by atoms with Gasteiger partial charge in [-0.15, -0.1) is 0 Å². The molecule has 0 saturated carbocycles. The van der Waals surface area contributed by atoms with Crippen molar-refractivity contribution in [3.8, 4) is 0 Å². The summed E-state index contributed by atoms with van der Waals surface area (Å²) in [5.74, 6) is -0.0255. The second-order valence-electron chi connectivity index (χ2n) is 1.52. The van der Waals surface area contributed by atoms with Gasteiger partial charge in [-0.25, -0.2) is 0 Å². The second-order valence-corrected chi connectivity index (χ2v) is 1.52. The van der Waals surface area contributed by atoms with Gasteiger partial charge in [0.2, 0.25) is 5.91 Å². The fourth-order valence-electron chi connectivity index (χ4n) is 0.358. The molecule has 7 heavy (non-hydrogen) atoms. The molecule has 1 unspecified atom stereocenters. The zero-order chi connectivity index (χ0) is 5.28. The molecule has 0 radical (unpaired) electrons. The number of epoxide rings is 1. The van der Waals surface area contributed by atoms with Gasteiger partial charge in [-0.1, -0.05) is 0 Å². The van der Waals surface area contributed by atoms with Crippen molar-refractivity contribution in [2.45, 2.75) is 13.2 Å². The lowest BCUT2D eigenvalue weighted by Gasteiger charge is -1.89. The number of nitrogens with one attached hydrogen (secondary N) is 1. The van der Waals surface area contributed by atoms with Gasteiger partial charge < -0.3 is 10.1 Å². The standard InChI is InChI=1S/C4H7NO2/c1-3(6)5-4-2-7-4/h4H,2H2,1H3,(H,5,6). The fraction of sp³-hybridized carbons (Fsp3) is 0.750. The number of carbonyl (C=O) groups is 1. The molecule has 1 heterocycles. The predicted molar refractivity (Wildman–Crippen MR) is 23.6 cm³/mol. The van der Waals surface area contributed by atoms with E-state index in [0.717, 1.165) is 0 Å². The van der Waals surface area contributed by atoms with Crippen LogP contribution < -0.4 is 5.32 Å². The highest BCUT2D eigenvalue weighted by molar-refractivity contribution is 5.73. The molecule has 1 saturated heterocycles. The van der Waals surface area contributed by atoms with Crippen LogP contribution >= 0.6 is 0 Å². The van der Waals surface area contributed by atoms with E-state index >= 15 is 0 Å². The molecule has 1 N–H and O–H groups in total. The van der Waals surface area contributed by atoms with E-state index in [1.165, 1.54) is 6.92 Å². The Hall–Kier alpha value is -0.570. The highest BCUT2D eigenvalue weighted by atomic mass is 16.6. The molecule has 1 amide bonds. The number of amides is 1. The van der Waals surface area contributed by atoms with E-state index in [0.29, 0.717) is 6.61 Å². The Morgan fingerprint density at radius 2 is 2.57 bits per heavy atom. The van der Waals surface area contributed by atoms with Crippen LogP contribution in [-0.4, -0.2) is 18.7 Å². The van der Waals surface area contributed by atoms with E-state index in [4.69, 9.17) is 0 Å². The van der Waals surface area contributed by atoms with E-state index in [-0.39, 0.29) is 12.1 Å². The first-order valence-electron chi connectivity index (χ1n) is 2.18. The minimum absolute atomic E-state index is 0.0255. The van der Waals surface area contributed by atoms with E-state index in [2.05, 4.69) is 10.1 Å². The third-order valence-electron chi connectivity index (χ3n) is 0.698. The van der Waals surface area contributed by atoms with Gasteiger partial charge >= 0.3 is 0 Å². The molecule has 1 aliphatic heterocycles. The Kier molecular flexibility index (Phi) is 0.982. The highest BCUT2D eigenvalue weighted by Crippen LogP contribution is 2.02. The predicted octanol–water partition coefficient (Wildman–Crippen LogP) is -0.521. The van der Waals surface area contributed by atoms with E-state index in [1.54, 1.807) is 0 Å². The van der Waals surface area contributed by atoms with Crippen molar-refractivity contribution in [2.75, 3.05) is 6.61 Å². The molecule has 1 aliphatic rings. The maximum absolute atomic E-state index is 10.1. The van der Waals surface area contributed by atoms with Crippen LogP contribution in [0, 0.1) is 0 Å². The summed E-state index contributed by atoms with van der Waals surface area (Å²) in [5, 5.41) is 2.56. The summed E-state index contributed by atoms with van der Waals surface area (Å²) in [6.45, 7) is 2.15. The average molecular weight is 101 g/mol. The van der Waals surface area contributed by atoms with Crippen LogP contribution in [-0.2, 0) is 9.53 Å². The number of hydrogen-bond acceptors (Lipinski definition) is 2. The Bertz CT molecular complexity index is 87.7. The maximum Gasteiger partial charge on any atom is 0.218 e. The van der Waals surface area contributed by atoms with E-state index < -0.39 is 0 Å². The molecular formula is C4H7NO2. The normalized spacial score (nSPS) is 26.7. The molecule has 1 fully saturated rings. The Balaban J connectivity index is 2.08. The molecule has 0 aromatic rings. The molecule has 0 aromatic carbocycles. The first-order chi connectivity index (χ1) is 3.29. The molecular weight excluding hydrogens is 94.0 g/mol. The lowest BCUT2D eigenvalue weighted by molar-refractivity contribution is -0.119. The van der Waals surface area contributed by atoms with E-state index in [1.807, 2.05) is 0 Å². The average Bonchev–Trinajstić information content (AvgIpc) is 2.17. The zero-order valence-corrected chi connectivity index (χ0v) is 4.10. The molecule has 3 heteroatoms. The quantitative estimate of drug-likeness (QED) is 0.451. The number of hydrogen-bond donors (Lipinski definition) is 1. The SMILES string of the molecule is CC(=O)NC1CO1. The zero-order valence-electron chi connectivity index (χ0n) is 4.10. The fourth-order valence-corrected chi connectivity index (χ4v) is 0.358.